The number of esters is 1. The molecule has 0 spiro atoms. The van der Waals surface area contributed by atoms with Gasteiger partial charge in [-0.2, -0.15) is 0 Å². The van der Waals surface area contributed by atoms with E-state index >= 15 is 0 Å². The fourth-order valence-corrected chi connectivity index (χ4v) is 1.40. The van der Waals surface area contributed by atoms with E-state index in [1.807, 2.05) is 6.92 Å². The SMILES string of the molecule is CCCCCCCOC(=O)CC(Cl)CC. The molecule has 0 saturated carbocycles. The Kier molecular flexibility index (Phi) is 10.1. The maximum Gasteiger partial charge on any atom is 0.307 e. The Bertz CT molecular complexity index is 160. The first kappa shape index (κ1) is 14.8. The third-order valence-electron chi connectivity index (χ3n) is 2.34. The molecule has 0 aliphatic heterocycles. The number of rotatable bonds is 9. The van der Waals surface area contributed by atoms with E-state index in [0.29, 0.717) is 13.0 Å². The Morgan fingerprint density at radius 3 is 2.47 bits per heavy atom. The van der Waals surface area contributed by atoms with Crippen LogP contribution in [0.15, 0.2) is 0 Å². The second-order valence-electron chi connectivity index (χ2n) is 3.84. The lowest BCUT2D eigenvalue weighted by Gasteiger charge is -2.07. The Morgan fingerprint density at radius 2 is 1.87 bits per heavy atom. The van der Waals surface area contributed by atoms with Crippen LogP contribution in [0.2, 0.25) is 0 Å². The molecule has 3 heteroatoms. The molecule has 0 rings (SSSR count). The number of unbranched alkanes of at least 4 members (excludes halogenated alkanes) is 4. The van der Waals surface area contributed by atoms with Crippen LogP contribution in [0.25, 0.3) is 0 Å². The standard InChI is InChI=1S/C12H23ClO2/c1-3-5-6-7-8-9-15-12(14)10-11(13)4-2/h11H,3-10H2,1-2H3. The lowest BCUT2D eigenvalue weighted by atomic mass is 10.2. The normalized spacial score (nSPS) is 12.5. The predicted octanol–water partition coefficient (Wildman–Crippen LogP) is 3.91. The minimum atomic E-state index is -0.160. The maximum absolute atomic E-state index is 11.2. The Morgan fingerprint density at radius 1 is 1.20 bits per heavy atom. The van der Waals surface area contributed by atoms with Gasteiger partial charge < -0.3 is 4.74 Å². The van der Waals surface area contributed by atoms with Crippen LogP contribution in [0.4, 0.5) is 0 Å². The first-order valence-electron chi connectivity index (χ1n) is 6.00. The molecule has 1 unspecified atom stereocenters. The van der Waals surface area contributed by atoms with Crippen LogP contribution < -0.4 is 0 Å². The highest BCUT2D eigenvalue weighted by Gasteiger charge is 2.09. The highest BCUT2D eigenvalue weighted by Crippen LogP contribution is 2.08. The summed E-state index contributed by atoms with van der Waals surface area (Å²) in [5.41, 5.74) is 0. The molecule has 15 heavy (non-hydrogen) atoms. The van der Waals surface area contributed by atoms with E-state index in [1.54, 1.807) is 0 Å². The fraction of sp³-hybridized carbons (Fsp3) is 0.917. The van der Waals surface area contributed by atoms with Crippen LogP contribution in [0.5, 0.6) is 0 Å². The van der Waals surface area contributed by atoms with E-state index in [-0.39, 0.29) is 11.3 Å². The van der Waals surface area contributed by atoms with Crippen molar-refractivity contribution in [3.63, 3.8) is 0 Å². The van der Waals surface area contributed by atoms with E-state index in [4.69, 9.17) is 16.3 Å². The first-order chi connectivity index (χ1) is 7.20. The number of carbonyl (C=O) groups excluding carboxylic acids is 1. The lowest BCUT2D eigenvalue weighted by molar-refractivity contribution is -0.143. The summed E-state index contributed by atoms with van der Waals surface area (Å²) < 4.78 is 5.07. The molecule has 90 valence electrons. The molecular weight excluding hydrogens is 212 g/mol. The van der Waals surface area contributed by atoms with Crippen LogP contribution >= 0.6 is 11.6 Å². The molecule has 0 radical (unpaired) electrons. The predicted molar refractivity (Wildman–Crippen MR) is 64.3 cm³/mol. The van der Waals surface area contributed by atoms with Gasteiger partial charge in [0, 0.05) is 5.38 Å². The summed E-state index contributed by atoms with van der Waals surface area (Å²) in [5.74, 6) is -0.160. The second kappa shape index (κ2) is 10.3. The maximum atomic E-state index is 11.2. The van der Waals surface area contributed by atoms with Gasteiger partial charge in [0.05, 0.1) is 13.0 Å². The summed E-state index contributed by atoms with van der Waals surface area (Å²) in [6.07, 6.45) is 7.03. The second-order valence-corrected chi connectivity index (χ2v) is 4.46. The van der Waals surface area contributed by atoms with Crippen molar-refractivity contribution < 1.29 is 9.53 Å². The zero-order valence-electron chi connectivity index (χ0n) is 9.93. The number of hydrogen-bond acceptors (Lipinski definition) is 2. The number of ether oxygens (including phenoxy) is 1. The van der Waals surface area contributed by atoms with Gasteiger partial charge in [0.2, 0.25) is 0 Å². The molecule has 0 fully saturated rings. The third kappa shape index (κ3) is 10.1. The van der Waals surface area contributed by atoms with Gasteiger partial charge in [0.15, 0.2) is 0 Å². The third-order valence-corrected chi connectivity index (χ3v) is 2.80. The van der Waals surface area contributed by atoms with Gasteiger partial charge in [-0.1, -0.05) is 39.5 Å². The van der Waals surface area contributed by atoms with Gasteiger partial charge in [-0.15, -0.1) is 11.6 Å². The number of alkyl halides is 1. The van der Waals surface area contributed by atoms with Crippen molar-refractivity contribution in [3.8, 4) is 0 Å². The van der Waals surface area contributed by atoms with Crippen molar-refractivity contribution >= 4 is 17.6 Å². The molecular formula is C12H23ClO2. The van der Waals surface area contributed by atoms with Crippen molar-refractivity contribution in [2.75, 3.05) is 6.61 Å². The van der Waals surface area contributed by atoms with Gasteiger partial charge in [0.25, 0.3) is 0 Å². The van der Waals surface area contributed by atoms with Crippen molar-refractivity contribution in [1.29, 1.82) is 0 Å². The van der Waals surface area contributed by atoms with Crippen LogP contribution in [-0.2, 0) is 9.53 Å². The van der Waals surface area contributed by atoms with Crippen LogP contribution in [0.1, 0.15) is 58.8 Å². The van der Waals surface area contributed by atoms with Crippen LogP contribution in [-0.4, -0.2) is 18.0 Å². The molecule has 0 aromatic rings. The molecule has 0 N–H and O–H groups in total. The highest BCUT2D eigenvalue weighted by atomic mass is 35.5. The monoisotopic (exact) mass is 234 g/mol. The zero-order chi connectivity index (χ0) is 11.5. The molecule has 1 atom stereocenters. The average Bonchev–Trinajstić information content (AvgIpc) is 2.23. The molecule has 2 nitrogen and oxygen atoms in total. The lowest BCUT2D eigenvalue weighted by Crippen LogP contribution is -2.11. The summed E-state index contributed by atoms with van der Waals surface area (Å²) in [4.78, 5) is 11.2. The van der Waals surface area contributed by atoms with Gasteiger partial charge in [-0.3, -0.25) is 4.79 Å². The summed E-state index contributed by atoms with van der Waals surface area (Å²) in [6, 6.07) is 0. The average molecular weight is 235 g/mol. The molecule has 0 aliphatic carbocycles. The molecule has 0 heterocycles. The van der Waals surface area contributed by atoms with Gasteiger partial charge in [-0.25, -0.2) is 0 Å². The molecule has 0 aliphatic rings. The molecule has 0 aromatic carbocycles. The van der Waals surface area contributed by atoms with Crippen molar-refractivity contribution in [2.45, 2.75) is 64.2 Å². The van der Waals surface area contributed by atoms with Gasteiger partial charge in [0.1, 0.15) is 0 Å². The largest absolute Gasteiger partial charge is 0.466 e. The summed E-state index contributed by atoms with van der Waals surface area (Å²) >= 11 is 5.84. The van der Waals surface area contributed by atoms with Crippen molar-refractivity contribution in [1.82, 2.24) is 0 Å². The summed E-state index contributed by atoms with van der Waals surface area (Å²) in [5, 5.41) is -0.0717. The fourth-order valence-electron chi connectivity index (χ4n) is 1.28. The van der Waals surface area contributed by atoms with Crippen molar-refractivity contribution in [3.05, 3.63) is 0 Å². The Balaban J connectivity index is 3.24. The Labute approximate surface area is 98.3 Å². The first-order valence-corrected chi connectivity index (χ1v) is 6.44. The van der Waals surface area contributed by atoms with E-state index in [1.165, 1.54) is 19.3 Å². The number of carbonyl (C=O) groups is 1. The van der Waals surface area contributed by atoms with Crippen LogP contribution in [0, 0.1) is 0 Å². The molecule has 0 bridgehead atoms. The summed E-state index contributed by atoms with van der Waals surface area (Å²) in [6.45, 7) is 4.71. The van der Waals surface area contributed by atoms with Gasteiger partial charge in [-0.05, 0) is 12.8 Å². The van der Waals surface area contributed by atoms with Crippen LogP contribution in [0.3, 0.4) is 0 Å². The number of hydrogen-bond donors (Lipinski definition) is 0. The highest BCUT2D eigenvalue weighted by molar-refractivity contribution is 6.21. The minimum Gasteiger partial charge on any atom is -0.466 e. The number of halogens is 1. The van der Waals surface area contributed by atoms with Gasteiger partial charge >= 0.3 is 5.97 Å². The smallest absolute Gasteiger partial charge is 0.307 e. The van der Waals surface area contributed by atoms with E-state index in [0.717, 1.165) is 19.3 Å². The topological polar surface area (TPSA) is 26.3 Å². The molecule has 0 amide bonds. The van der Waals surface area contributed by atoms with E-state index < -0.39 is 0 Å². The Hall–Kier alpha value is -0.240. The van der Waals surface area contributed by atoms with E-state index in [2.05, 4.69) is 6.92 Å². The van der Waals surface area contributed by atoms with E-state index in [9.17, 15) is 4.79 Å². The van der Waals surface area contributed by atoms with Crippen molar-refractivity contribution in [2.24, 2.45) is 0 Å². The zero-order valence-corrected chi connectivity index (χ0v) is 10.7. The quantitative estimate of drug-likeness (QED) is 0.344. The molecule has 0 saturated heterocycles. The summed E-state index contributed by atoms with van der Waals surface area (Å²) in [7, 11) is 0. The minimum absolute atomic E-state index is 0.0717. The molecule has 0 aromatic heterocycles.